The van der Waals surface area contributed by atoms with E-state index >= 15 is 0 Å². The van der Waals surface area contributed by atoms with Gasteiger partial charge in [-0.25, -0.2) is 17.7 Å². The first-order chi connectivity index (χ1) is 12.9. The summed E-state index contributed by atoms with van der Waals surface area (Å²) in [6, 6.07) is 10.8. The van der Waals surface area contributed by atoms with Crippen molar-refractivity contribution in [2.24, 2.45) is 0 Å². The number of hydrogen-bond acceptors (Lipinski definition) is 4. The Morgan fingerprint density at radius 1 is 1.11 bits per heavy atom. The van der Waals surface area contributed by atoms with Gasteiger partial charge in [-0.1, -0.05) is 6.07 Å². The molecule has 0 saturated carbocycles. The quantitative estimate of drug-likeness (QED) is 0.771. The van der Waals surface area contributed by atoms with E-state index < -0.39 is 10.0 Å². The minimum Gasteiger partial charge on any atom is -0.368 e. The van der Waals surface area contributed by atoms with Crippen molar-refractivity contribution in [1.29, 1.82) is 0 Å². The summed E-state index contributed by atoms with van der Waals surface area (Å²) in [4.78, 5) is 7.70. The molecule has 0 atom stereocenters. The van der Waals surface area contributed by atoms with E-state index in [0.717, 1.165) is 26.2 Å². The number of aromatic nitrogens is 1. The number of thiocarbonyl (C=S) groups is 1. The van der Waals surface area contributed by atoms with Crippen LogP contribution in [0.4, 0.5) is 11.4 Å². The average Bonchev–Trinajstić information content (AvgIpc) is 2.69. The van der Waals surface area contributed by atoms with Crippen LogP contribution < -0.4 is 15.2 Å². The minimum absolute atomic E-state index is 0.242. The molecule has 27 heavy (non-hydrogen) atoms. The van der Waals surface area contributed by atoms with Crippen LogP contribution in [0.15, 0.2) is 53.7 Å². The van der Waals surface area contributed by atoms with Gasteiger partial charge in [0.2, 0.25) is 10.0 Å². The highest BCUT2D eigenvalue weighted by atomic mass is 32.2. The lowest BCUT2D eigenvalue weighted by Gasteiger charge is -2.37. The van der Waals surface area contributed by atoms with Crippen LogP contribution in [0.2, 0.25) is 0 Å². The van der Waals surface area contributed by atoms with Crippen molar-refractivity contribution in [2.45, 2.75) is 4.90 Å². The topological polar surface area (TPSA) is 70.0 Å². The summed E-state index contributed by atoms with van der Waals surface area (Å²) < 4.78 is 25.8. The molecule has 1 aliphatic rings. The highest BCUT2D eigenvalue weighted by molar-refractivity contribution is 7.89. The Bertz CT molecular complexity index is 895. The predicted molar refractivity (Wildman–Crippen MR) is 110 cm³/mol. The summed E-state index contributed by atoms with van der Waals surface area (Å²) in [5.41, 5.74) is 1.86. The highest BCUT2D eigenvalue weighted by Crippen LogP contribution is 2.19. The van der Waals surface area contributed by atoms with Crippen LogP contribution >= 0.6 is 12.2 Å². The van der Waals surface area contributed by atoms with Crippen LogP contribution in [0.5, 0.6) is 0 Å². The van der Waals surface area contributed by atoms with Crippen LogP contribution in [-0.4, -0.2) is 63.0 Å². The van der Waals surface area contributed by atoms with Gasteiger partial charge < -0.3 is 15.1 Å². The van der Waals surface area contributed by atoms with Gasteiger partial charge in [0.15, 0.2) is 17.5 Å². The number of nitrogens with one attached hydrogen (secondary N) is 2. The number of hydrogen-bond donors (Lipinski definition) is 1. The molecule has 1 saturated heterocycles. The molecule has 0 bridgehead atoms. The van der Waals surface area contributed by atoms with Gasteiger partial charge in [0, 0.05) is 63.8 Å². The molecule has 0 amide bonds. The Labute approximate surface area is 165 Å². The fourth-order valence-corrected chi connectivity index (χ4v) is 4.15. The molecule has 2 N–H and O–H groups in total. The van der Waals surface area contributed by atoms with Gasteiger partial charge in [0.1, 0.15) is 0 Å². The summed E-state index contributed by atoms with van der Waals surface area (Å²) in [6.07, 6.45) is 3.84. The van der Waals surface area contributed by atoms with Gasteiger partial charge in [-0.3, -0.25) is 0 Å². The summed E-state index contributed by atoms with van der Waals surface area (Å²) in [7, 11) is -0.434. The fraction of sp³-hybridized carbons (Fsp3) is 0.333. The Hall–Kier alpha value is -2.23. The third-order valence-corrected chi connectivity index (χ3v) is 6.67. The Morgan fingerprint density at radius 2 is 1.78 bits per heavy atom. The van der Waals surface area contributed by atoms with E-state index in [2.05, 4.69) is 32.2 Å². The minimum atomic E-state index is -3.47. The molecule has 0 unspecified atom stereocenters. The van der Waals surface area contributed by atoms with Crippen molar-refractivity contribution in [3.05, 3.63) is 48.8 Å². The van der Waals surface area contributed by atoms with E-state index in [-0.39, 0.29) is 4.90 Å². The van der Waals surface area contributed by atoms with Crippen molar-refractivity contribution < 1.29 is 13.4 Å². The molecule has 1 aromatic carbocycles. The first-order valence-electron chi connectivity index (χ1n) is 8.67. The maximum absolute atomic E-state index is 12.3. The number of anilines is 2. The van der Waals surface area contributed by atoms with Crippen molar-refractivity contribution >= 4 is 38.7 Å². The van der Waals surface area contributed by atoms with Gasteiger partial charge in [-0.15, -0.1) is 0 Å². The lowest BCUT2D eigenvalue weighted by Crippen LogP contribution is -2.50. The van der Waals surface area contributed by atoms with Gasteiger partial charge in [-0.2, -0.15) is 0 Å². The Morgan fingerprint density at radius 3 is 2.41 bits per heavy atom. The fourth-order valence-electron chi connectivity index (χ4n) is 2.90. The standard InChI is InChI=1S/C18H23N5O2S2/c1-21(2)27(24,25)17-5-3-4-15(14-17)20-18(26)23-12-10-22(11-13-23)16-6-8-19-9-7-16/h3-9,14H,10-13H2,1-2H3,(H,20,26)/p+1. The van der Waals surface area contributed by atoms with Crippen LogP contribution in [0.25, 0.3) is 0 Å². The molecule has 0 aliphatic carbocycles. The molecule has 1 aliphatic heterocycles. The molecule has 9 heteroatoms. The van der Waals surface area contributed by atoms with Gasteiger partial charge in [0.25, 0.3) is 0 Å². The van der Waals surface area contributed by atoms with E-state index in [1.165, 1.54) is 24.1 Å². The van der Waals surface area contributed by atoms with Crippen LogP contribution in [-0.2, 0) is 10.0 Å². The second kappa shape index (κ2) is 8.20. The number of nitrogens with zero attached hydrogens (tertiary/aromatic N) is 3. The number of benzene rings is 1. The molecule has 3 rings (SSSR count). The smallest absolute Gasteiger partial charge is 0.242 e. The van der Waals surface area contributed by atoms with E-state index in [0.29, 0.717) is 10.8 Å². The van der Waals surface area contributed by atoms with E-state index in [4.69, 9.17) is 12.2 Å². The summed E-state index contributed by atoms with van der Waals surface area (Å²) in [6.45, 7) is 3.36. The van der Waals surface area contributed by atoms with Gasteiger partial charge in [-0.05, 0) is 30.4 Å². The van der Waals surface area contributed by atoms with Crippen molar-refractivity contribution in [3.8, 4) is 0 Å². The first kappa shape index (κ1) is 19.5. The maximum Gasteiger partial charge on any atom is 0.242 e. The Kier molecular flexibility index (Phi) is 5.93. The molecule has 144 valence electrons. The normalized spacial score (nSPS) is 15.1. The van der Waals surface area contributed by atoms with Crippen molar-refractivity contribution in [1.82, 2.24) is 9.21 Å². The van der Waals surface area contributed by atoms with E-state index in [1.54, 1.807) is 18.2 Å². The molecule has 2 heterocycles. The summed E-state index contributed by atoms with van der Waals surface area (Å²) in [5.74, 6) is 0. The zero-order valence-corrected chi connectivity index (χ0v) is 17.1. The molecule has 0 radical (unpaired) electrons. The Balaban J connectivity index is 1.62. The van der Waals surface area contributed by atoms with E-state index in [9.17, 15) is 8.42 Å². The monoisotopic (exact) mass is 406 g/mol. The van der Waals surface area contributed by atoms with Gasteiger partial charge >= 0.3 is 0 Å². The maximum atomic E-state index is 12.3. The largest absolute Gasteiger partial charge is 0.368 e. The number of H-pyrrole nitrogens is 1. The first-order valence-corrected chi connectivity index (χ1v) is 10.5. The number of rotatable bonds is 4. The second-order valence-corrected chi connectivity index (χ2v) is 9.02. The lowest BCUT2D eigenvalue weighted by molar-refractivity contribution is -0.377. The van der Waals surface area contributed by atoms with E-state index in [1.807, 2.05) is 18.5 Å². The number of sulfonamides is 1. The number of aromatic amines is 1. The molecule has 1 fully saturated rings. The van der Waals surface area contributed by atoms with Crippen LogP contribution in [0.1, 0.15) is 0 Å². The van der Waals surface area contributed by atoms with Crippen molar-refractivity contribution in [3.63, 3.8) is 0 Å². The number of piperazine rings is 1. The molecular formula is C18H24N5O2S2+. The summed E-state index contributed by atoms with van der Waals surface area (Å²) >= 11 is 5.53. The zero-order chi connectivity index (χ0) is 19.4. The van der Waals surface area contributed by atoms with Crippen molar-refractivity contribution in [2.75, 3.05) is 50.5 Å². The molecule has 7 nitrogen and oxygen atoms in total. The molecular weight excluding hydrogens is 382 g/mol. The molecule has 0 spiro atoms. The lowest BCUT2D eigenvalue weighted by atomic mass is 10.2. The third-order valence-electron chi connectivity index (χ3n) is 4.50. The molecule has 1 aromatic heterocycles. The van der Waals surface area contributed by atoms with Crippen LogP contribution in [0.3, 0.4) is 0 Å². The van der Waals surface area contributed by atoms with Crippen LogP contribution in [0, 0.1) is 0 Å². The highest BCUT2D eigenvalue weighted by Gasteiger charge is 2.21. The second-order valence-electron chi connectivity index (χ2n) is 6.48. The zero-order valence-electron chi connectivity index (χ0n) is 15.4. The summed E-state index contributed by atoms with van der Waals surface area (Å²) in [5, 5.41) is 3.78. The number of pyridine rings is 1. The van der Waals surface area contributed by atoms with Gasteiger partial charge in [0.05, 0.1) is 4.90 Å². The average molecular weight is 407 g/mol. The third kappa shape index (κ3) is 4.55. The SMILES string of the molecule is CN(C)S(=O)(=O)c1cccc(NC(=S)N2CCN(c3cc[nH+]cc3)CC2)c1. The predicted octanol–water partition coefficient (Wildman–Crippen LogP) is 1.27. The molecule has 2 aromatic rings.